The molecule has 0 radical (unpaired) electrons. The number of nitrogens with zero attached hydrogens (tertiary/aromatic N) is 12. The molecule has 0 aliphatic rings. The number of aromatic nitrogens is 6. The Morgan fingerprint density at radius 2 is 0.432 bits per heavy atom. The largest absolute Gasteiger partial charge is 4.00 e. The van der Waals surface area contributed by atoms with Crippen LogP contribution in [0.2, 0.25) is 0 Å². The standard InChI is InChI=1S/2C21H25N5.2C2H3N.4F6P.2Fe/c2*1-25(16-19-8-2-5-11-22-19)14-15-26(17-20-9-3-6-12-23-20)18-21-10-4-7-13-24-21;2*1-2-3;4*1-7(2,3,4,5)6;;/h2*2-13H,14-18H2,1H3;2*1H3;;;;;;/q;;;;4*-1;2*+4. The minimum atomic E-state index is -10.7. The number of hydrogen-bond donors (Lipinski definition) is 0. The summed E-state index contributed by atoms with van der Waals surface area (Å²) in [6, 6.07) is 39.8. The summed E-state index contributed by atoms with van der Waals surface area (Å²) in [6.07, 6.45) is 11.1. The number of nitriles is 2. The van der Waals surface area contributed by atoms with E-state index in [4.69, 9.17) is 10.5 Å². The van der Waals surface area contributed by atoms with Crippen molar-refractivity contribution >= 4 is 31.2 Å². The van der Waals surface area contributed by atoms with Crippen molar-refractivity contribution in [3.8, 4) is 12.1 Å². The topological polar surface area (TPSA) is 138 Å². The average molecular weight is 1470 g/mol. The zero-order valence-corrected chi connectivity index (χ0v) is 51.6. The molecule has 0 fully saturated rings. The van der Waals surface area contributed by atoms with Gasteiger partial charge in [-0.15, -0.1) is 0 Å². The number of pyridine rings is 6. The van der Waals surface area contributed by atoms with E-state index in [0.717, 1.165) is 99.6 Å². The van der Waals surface area contributed by atoms with E-state index >= 15 is 0 Å². The van der Waals surface area contributed by atoms with Crippen molar-refractivity contribution in [2.75, 3.05) is 40.3 Å². The van der Waals surface area contributed by atoms with Gasteiger partial charge in [0.2, 0.25) is 0 Å². The van der Waals surface area contributed by atoms with Crippen LogP contribution in [0.5, 0.6) is 0 Å². The van der Waals surface area contributed by atoms with Crippen molar-refractivity contribution in [2.24, 2.45) is 0 Å². The summed E-state index contributed by atoms with van der Waals surface area (Å²) in [5.74, 6) is 0. The molecule has 88 heavy (non-hydrogen) atoms. The third-order valence-corrected chi connectivity index (χ3v) is 8.36. The molecule has 0 unspecified atom stereocenters. The summed E-state index contributed by atoms with van der Waals surface area (Å²) >= 11 is 0. The Kier molecular flexibility index (Phi) is 33.7. The Labute approximate surface area is 510 Å². The molecule has 0 aliphatic carbocycles. The van der Waals surface area contributed by atoms with E-state index in [2.05, 4.69) is 100.0 Å². The smallest absolute Gasteiger partial charge is 4.00 e. The molecular formula is C46H56F24Fe2N12P4+4. The number of likely N-dealkylation sites (N-methyl/N-ethyl adjacent to an activating group) is 2. The number of halogens is 24. The van der Waals surface area contributed by atoms with Gasteiger partial charge in [0.05, 0.1) is 46.3 Å². The van der Waals surface area contributed by atoms with E-state index in [1.54, 1.807) is 12.1 Å². The second-order valence-corrected chi connectivity index (χ2v) is 24.8. The molecule has 0 aromatic carbocycles. The zero-order valence-electron chi connectivity index (χ0n) is 45.9. The van der Waals surface area contributed by atoms with Crippen molar-refractivity contribution in [1.82, 2.24) is 49.5 Å². The van der Waals surface area contributed by atoms with Crippen molar-refractivity contribution in [3.05, 3.63) is 181 Å². The molecule has 6 aromatic rings. The molecule has 6 rings (SSSR count). The molecule has 0 spiro atoms. The Balaban J connectivity index is -0.000000524. The first-order valence-electron chi connectivity index (χ1n) is 23.3. The van der Waals surface area contributed by atoms with Crippen LogP contribution in [0.15, 0.2) is 146 Å². The summed E-state index contributed by atoms with van der Waals surface area (Å²) in [4.78, 5) is 36.1. The van der Waals surface area contributed by atoms with Crippen LogP contribution in [0.3, 0.4) is 0 Å². The van der Waals surface area contributed by atoms with E-state index in [9.17, 15) is 101 Å². The van der Waals surface area contributed by atoms with Gasteiger partial charge in [-0.05, 0) is 86.9 Å². The molecule has 12 nitrogen and oxygen atoms in total. The third kappa shape index (κ3) is 87.2. The van der Waals surface area contributed by atoms with Crippen molar-refractivity contribution in [1.29, 1.82) is 10.5 Å². The molecule has 42 heteroatoms. The number of hydrogen-bond acceptors (Lipinski definition) is 12. The van der Waals surface area contributed by atoms with Gasteiger partial charge < -0.3 is 0 Å². The molecule has 6 aromatic heterocycles. The molecule has 6 heterocycles. The van der Waals surface area contributed by atoms with Crippen LogP contribution in [-0.2, 0) is 73.4 Å². The first-order chi connectivity index (χ1) is 38.2. The van der Waals surface area contributed by atoms with Gasteiger partial charge in [0, 0.05) is 116 Å². The second kappa shape index (κ2) is 33.2. The number of rotatable bonds is 18. The van der Waals surface area contributed by atoms with Crippen LogP contribution in [0.25, 0.3) is 0 Å². The van der Waals surface area contributed by atoms with Crippen LogP contribution >= 0.6 is 31.2 Å². The van der Waals surface area contributed by atoms with E-state index in [1.165, 1.54) is 13.8 Å². The summed E-state index contributed by atoms with van der Waals surface area (Å²) in [5, 5.41) is 14.6. The SMILES string of the molecule is CC#N.CC#N.CN(CCN(Cc1ccccn1)Cc1ccccn1)Cc1ccccn1.CN(CCN(Cc1ccccn1)Cc1ccccn1)Cc1ccccn1.F[P-](F)(F)(F)(F)F.F[P-](F)(F)(F)(F)F.F[P-](F)(F)(F)(F)F.F[P-](F)(F)(F)(F)F.[Fe+4].[Fe+4]. The van der Waals surface area contributed by atoms with Crippen molar-refractivity contribution in [2.45, 2.75) is 53.1 Å². The summed E-state index contributed by atoms with van der Waals surface area (Å²) in [6.45, 7) is 11.6. The monoisotopic (exact) mass is 1470 g/mol. The fraction of sp³-hybridized carbons (Fsp3) is 0.304. The minimum Gasteiger partial charge on any atom is 4.00 e. The van der Waals surface area contributed by atoms with E-state index in [1.807, 2.05) is 110 Å². The summed E-state index contributed by atoms with van der Waals surface area (Å²) in [7, 11) is -38.4. The van der Waals surface area contributed by atoms with Gasteiger partial charge in [-0.1, -0.05) is 36.4 Å². The van der Waals surface area contributed by atoms with Crippen LogP contribution in [0.4, 0.5) is 101 Å². The zero-order chi connectivity index (χ0) is 67.1. The first-order valence-corrected chi connectivity index (χ1v) is 31.4. The molecule has 0 bridgehead atoms. The predicted molar refractivity (Wildman–Crippen MR) is 283 cm³/mol. The Morgan fingerprint density at radius 3 is 0.557 bits per heavy atom. The van der Waals surface area contributed by atoms with E-state index in [0.29, 0.717) is 0 Å². The molecule has 0 N–H and O–H groups in total. The van der Waals surface area contributed by atoms with Crippen LogP contribution in [-0.4, -0.2) is 89.8 Å². The normalized spacial score (nSPS) is 14.2. The van der Waals surface area contributed by atoms with Crippen molar-refractivity contribution < 1.29 is 135 Å². The average Bonchev–Trinajstić information content (AvgIpc) is 3.31. The van der Waals surface area contributed by atoms with Gasteiger partial charge in [0.15, 0.2) is 0 Å². The van der Waals surface area contributed by atoms with Gasteiger partial charge >= 0.3 is 166 Å². The Hall–Kier alpha value is -5.20. The summed E-state index contributed by atoms with van der Waals surface area (Å²) in [5.41, 5.74) is 6.50. The Morgan fingerprint density at radius 1 is 0.295 bits per heavy atom. The molecule has 0 atom stereocenters. The molecule has 0 amide bonds. The first kappa shape index (κ1) is 89.2. The predicted octanol–water partition coefficient (Wildman–Crippen LogP) is 20.6. The summed E-state index contributed by atoms with van der Waals surface area (Å²) < 4.78 is 237. The van der Waals surface area contributed by atoms with Crippen LogP contribution in [0.1, 0.15) is 48.0 Å². The van der Waals surface area contributed by atoms with E-state index < -0.39 is 31.2 Å². The quantitative estimate of drug-likeness (QED) is 0.0460. The van der Waals surface area contributed by atoms with Gasteiger partial charge in [-0.25, -0.2) is 0 Å². The van der Waals surface area contributed by atoms with Crippen LogP contribution in [0, 0.1) is 22.7 Å². The van der Waals surface area contributed by atoms with Crippen molar-refractivity contribution in [3.63, 3.8) is 0 Å². The van der Waals surface area contributed by atoms with E-state index in [-0.39, 0.29) is 34.1 Å². The second-order valence-electron chi connectivity index (χ2n) is 17.1. The molecule has 0 saturated carbocycles. The fourth-order valence-electron chi connectivity index (χ4n) is 5.63. The van der Waals surface area contributed by atoms with Gasteiger partial charge in [-0.2, -0.15) is 10.5 Å². The van der Waals surface area contributed by atoms with Crippen LogP contribution < -0.4 is 0 Å². The molecule has 0 saturated heterocycles. The maximum Gasteiger partial charge on any atom is 4.00 e. The minimum absolute atomic E-state index is 0. The fourth-order valence-corrected chi connectivity index (χ4v) is 5.63. The maximum atomic E-state index is 9.87. The molecular weight excluding hydrogens is 1410 g/mol. The molecule has 500 valence electrons. The maximum absolute atomic E-state index is 10.7. The molecule has 0 aliphatic heterocycles. The Bertz CT molecular complexity index is 2550. The third-order valence-electron chi connectivity index (χ3n) is 8.36. The van der Waals surface area contributed by atoms with Gasteiger partial charge in [0.25, 0.3) is 0 Å². The van der Waals surface area contributed by atoms with Gasteiger partial charge in [0.1, 0.15) is 0 Å². The van der Waals surface area contributed by atoms with Gasteiger partial charge in [-0.3, -0.25) is 49.5 Å².